The Hall–Kier alpha value is -2.49. The topological polar surface area (TPSA) is 49.3 Å². The van der Waals surface area contributed by atoms with Crippen molar-refractivity contribution in [1.29, 1.82) is 0 Å². The lowest BCUT2D eigenvalue weighted by Crippen LogP contribution is -2.38. The maximum Gasteiger partial charge on any atom is 0.220 e. The SMILES string of the molecule is CC(NC(=O)CCc1ccc(O)cc1)C(Cc1ccc(Cl)cc1)c1ccc(Cl)cc1. The maximum absolute atomic E-state index is 12.6. The van der Waals surface area contributed by atoms with Gasteiger partial charge < -0.3 is 10.4 Å². The molecule has 3 nitrogen and oxygen atoms in total. The summed E-state index contributed by atoms with van der Waals surface area (Å²) in [5, 5.41) is 13.9. The average molecular weight is 442 g/mol. The highest BCUT2D eigenvalue weighted by Crippen LogP contribution is 2.27. The van der Waals surface area contributed by atoms with Crippen LogP contribution in [0.5, 0.6) is 5.75 Å². The van der Waals surface area contributed by atoms with Crippen LogP contribution in [0.2, 0.25) is 10.0 Å². The highest BCUT2D eigenvalue weighted by molar-refractivity contribution is 6.30. The summed E-state index contributed by atoms with van der Waals surface area (Å²) in [4.78, 5) is 12.6. The summed E-state index contributed by atoms with van der Waals surface area (Å²) >= 11 is 12.1. The second kappa shape index (κ2) is 10.5. The smallest absolute Gasteiger partial charge is 0.220 e. The number of amides is 1. The lowest BCUT2D eigenvalue weighted by molar-refractivity contribution is -0.121. The number of aromatic hydroxyl groups is 1. The van der Waals surface area contributed by atoms with E-state index in [0.717, 1.165) is 23.1 Å². The summed E-state index contributed by atoms with van der Waals surface area (Å²) in [6.07, 6.45) is 1.79. The summed E-state index contributed by atoms with van der Waals surface area (Å²) in [5.41, 5.74) is 3.30. The second-order valence-corrected chi connectivity index (χ2v) is 8.38. The zero-order valence-electron chi connectivity index (χ0n) is 16.8. The molecule has 0 aliphatic rings. The van der Waals surface area contributed by atoms with Crippen molar-refractivity contribution in [3.8, 4) is 5.75 Å². The van der Waals surface area contributed by atoms with E-state index in [9.17, 15) is 9.90 Å². The van der Waals surface area contributed by atoms with Gasteiger partial charge in [0.05, 0.1) is 0 Å². The van der Waals surface area contributed by atoms with Gasteiger partial charge in [-0.05, 0) is 72.9 Å². The molecule has 5 heteroatoms. The number of nitrogens with one attached hydrogen (secondary N) is 1. The zero-order chi connectivity index (χ0) is 21.5. The van der Waals surface area contributed by atoms with E-state index >= 15 is 0 Å². The largest absolute Gasteiger partial charge is 0.508 e. The molecule has 156 valence electrons. The summed E-state index contributed by atoms with van der Waals surface area (Å²) in [6, 6.07) is 22.5. The Labute approximate surface area is 187 Å². The van der Waals surface area contributed by atoms with Crippen LogP contribution in [0.25, 0.3) is 0 Å². The maximum atomic E-state index is 12.6. The number of rotatable bonds is 8. The second-order valence-electron chi connectivity index (χ2n) is 7.51. The normalized spacial score (nSPS) is 12.9. The molecule has 2 atom stereocenters. The van der Waals surface area contributed by atoms with Crippen molar-refractivity contribution >= 4 is 29.1 Å². The molecular weight excluding hydrogens is 417 g/mol. The van der Waals surface area contributed by atoms with Crippen molar-refractivity contribution in [2.75, 3.05) is 0 Å². The molecule has 3 aromatic carbocycles. The van der Waals surface area contributed by atoms with E-state index in [1.165, 1.54) is 0 Å². The first kappa shape index (κ1) is 22.2. The molecule has 0 aliphatic carbocycles. The van der Waals surface area contributed by atoms with Crippen molar-refractivity contribution in [1.82, 2.24) is 5.32 Å². The Balaban J connectivity index is 1.68. The number of carbonyl (C=O) groups excluding carboxylic acids is 1. The summed E-state index contributed by atoms with van der Waals surface area (Å²) < 4.78 is 0. The number of phenols is 1. The van der Waals surface area contributed by atoms with Crippen LogP contribution in [0.4, 0.5) is 0 Å². The lowest BCUT2D eigenvalue weighted by Gasteiger charge is -2.26. The molecule has 0 aliphatic heterocycles. The third-order valence-corrected chi connectivity index (χ3v) is 5.74. The van der Waals surface area contributed by atoms with Gasteiger partial charge in [-0.25, -0.2) is 0 Å². The van der Waals surface area contributed by atoms with Crippen LogP contribution >= 0.6 is 23.2 Å². The molecule has 30 heavy (non-hydrogen) atoms. The minimum Gasteiger partial charge on any atom is -0.508 e. The van der Waals surface area contributed by atoms with Gasteiger partial charge in [0.1, 0.15) is 5.75 Å². The fourth-order valence-corrected chi connectivity index (χ4v) is 3.77. The Bertz CT molecular complexity index is 954. The Morgan fingerprint density at radius 2 is 1.40 bits per heavy atom. The van der Waals surface area contributed by atoms with Crippen molar-refractivity contribution in [2.24, 2.45) is 0 Å². The summed E-state index contributed by atoms with van der Waals surface area (Å²) in [5.74, 6) is 0.330. The van der Waals surface area contributed by atoms with Gasteiger partial charge in [0.25, 0.3) is 0 Å². The Morgan fingerprint density at radius 3 is 2.00 bits per heavy atom. The third-order valence-electron chi connectivity index (χ3n) is 5.24. The quantitative estimate of drug-likeness (QED) is 0.439. The molecule has 0 saturated heterocycles. The molecule has 1 amide bonds. The van der Waals surface area contributed by atoms with Gasteiger partial charge >= 0.3 is 0 Å². The number of hydrogen-bond donors (Lipinski definition) is 2. The van der Waals surface area contributed by atoms with Gasteiger partial charge in [-0.2, -0.15) is 0 Å². The van der Waals surface area contributed by atoms with Crippen LogP contribution in [-0.2, 0) is 17.6 Å². The van der Waals surface area contributed by atoms with E-state index in [4.69, 9.17) is 23.2 Å². The van der Waals surface area contributed by atoms with Gasteiger partial charge in [-0.3, -0.25) is 4.79 Å². The van der Waals surface area contributed by atoms with E-state index < -0.39 is 0 Å². The molecule has 0 aromatic heterocycles. The molecule has 0 spiro atoms. The van der Waals surface area contributed by atoms with Gasteiger partial charge in [0, 0.05) is 28.4 Å². The van der Waals surface area contributed by atoms with Crippen LogP contribution in [0.15, 0.2) is 72.8 Å². The minimum atomic E-state index is -0.0610. The van der Waals surface area contributed by atoms with E-state index in [1.54, 1.807) is 12.1 Å². The number of phenolic OH excluding ortho intramolecular Hbond substituents is 1. The van der Waals surface area contributed by atoms with Gasteiger partial charge in [0.2, 0.25) is 5.91 Å². The molecular formula is C25H25Cl2NO2. The first-order chi connectivity index (χ1) is 14.4. The molecule has 3 aromatic rings. The van der Waals surface area contributed by atoms with E-state index in [0.29, 0.717) is 22.9 Å². The number of aryl methyl sites for hydroxylation is 1. The summed E-state index contributed by atoms with van der Waals surface area (Å²) in [6.45, 7) is 2.04. The van der Waals surface area contributed by atoms with Crippen LogP contribution in [-0.4, -0.2) is 17.1 Å². The monoisotopic (exact) mass is 441 g/mol. The molecule has 0 radical (unpaired) electrons. The highest BCUT2D eigenvalue weighted by atomic mass is 35.5. The lowest BCUT2D eigenvalue weighted by atomic mass is 9.86. The Morgan fingerprint density at radius 1 is 0.867 bits per heavy atom. The number of hydrogen-bond acceptors (Lipinski definition) is 2. The van der Waals surface area contributed by atoms with Crippen LogP contribution in [0, 0.1) is 0 Å². The van der Waals surface area contributed by atoms with Crippen LogP contribution < -0.4 is 5.32 Å². The van der Waals surface area contributed by atoms with E-state index in [2.05, 4.69) is 5.32 Å². The predicted octanol–water partition coefficient (Wildman–Crippen LogP) is 6.16. The number of halogens is 2. The predicted molar refractivity (Wildman–Crippen MR) is 123 cm³/mol. The van der Waals surface area contributed by atoms with E-state index in [-0.39, 0.29) is 23.6 Å². The van der Waals surface area contributed by atoms with Gasteiger partial charge in [0.15, 0.2) is 0 Å². The standard InChI is InChI=1S/C25H25Cl2NO2/c1-17(28-25(30)15-6-18-4-13-23(29)14-5-18)24(20-7-11-22(27)12-8-20)16-19-2-9-21(26)10-3-19/h2-5,7-14,17,24,29H,6,15-16H2,1H3,(H,28,30). The third kappa shape index (κ3) is 6.51. The van der Waals surface area contributed by atoms with Crippen LogP contribution in [0.1, 0.15) is 36.0 Å². The van der Waals surface area contributed by atoms with Crippen molar-refractivity contribution in [2.45, 2.75) is 38.1 Å². The molecule has 0 fully saturated rings. The first-order valence-electron chi connectivity index (χ1n) is 9.98. The van der Waals surface area contributed by atoms with Gasteiger partial charge in [-0.15, -0.1) is 0 Å². The highest BCUT2D eigenvalue weighted by Gasteiger charge is 2.21. The number of benzene rings is 3. The van der Waals surface area contributed by atoms with Crippen LogP contribution in [0.3, 0.4) is 0 Å². The first-order valence-corrected chi connectivity index (χ1v) is 10.7. The van der Waals surface area contributed by atoms with Crippen molar-refractivity contribution < 1.29 is 9.90 Å². The molecule has 2 N–H and O–H groups in total. The Kier molecular flexibility index (Phi) is 7.78. The fraction of sp³-hybridized carbons (Fsp3) is 0.240. The molecule has 0 heterocycles. The molecule has 2 unspecified atom stereocenters. The molecule has 0 bridgehead atoms. The molecule has 3 rings (SSSR count). The zero-order valence-corrected chi connectivity index (χ0v) is 18.3. The average Bonchev–Trinajstić information content (AvgIpc) is 2.73. The molecule has 0 saturated carbocycles. The minimum absolute atomic E-state index is 0.00523. The fourth-order valence-electron chi connectivity index (χ4n) is 3.51. The van der Waals surface area contributed by atoms with Crippen molar-refractivity contribution in [3.05, 3.63) is 99.5 Å². The van der Waals surface area contributed by atoms with Crippen molar-refractivity contribution in [3.63, 3.8) is 0 Å². The summed E-state index contributed by atoms with van der Waals surface area (Å²) in [7, 11) is 0. The van der Waals surface area contributed by atoms with E-state index in [1.807, 2.05) is 67.6 Å². The number of carbonyl (C=O) groups is 1. The van der Waals surface area contributed by atoms with Gasteiger partial charge in [-0.1, -0.05) is 59.6 Å².